The summed E-state index contributed by atoms with van der Waals surface area (Å²) in [5.41, 5.74) is 2.09. The summed E-state index contributed by atoms with van der Waals surface area (Å²) in [6, 6.07) is 15.8. The molecule has 0 aliphatic carbocycles. The number of nitrogens with zero attached hydrogens (tertiary/aromatic N) is 1. The number of carbonyl (C=O) groups excluding carboxylic acids is 2. The molecule has 2 rings (SSSR count). The number of hydrogen-bond donors (Lipinski definition) is 0. The highest BCUT2D eigenvalue weighted by Crippen LogP contribution is 2.30. The number of aryl methyl sites for hydroxylation is 1. The second-order valence-electron chi connectivity index (χ2n) is 6.65. The smallest absolute Gasteiger partial charge is 0.318 e. The van der Waals surface area contributed by atoms with E-state index in [1.807, 2.05) is 36.4 Å². The standard InChI is InChI=1S/C23H27NO3S/c1-4-5-6-7-11-21(26)23(24-27-18(3)25)19-13-15-20(16-14-19)28-22-12-9-8-10-17(22)2/h8-10,12-16H,4-7,11H2,1-3H3. The molecule has 0 amide bonds. The fraction of sp³-hybridized carbons (Fsp3) is 0.348. The molecule has 2 aromatic carbocycles. The first kappa shape index (κ1) is 21.9. The van der Waals surface area contributed by atoms with Gasteiger partial charge >= 0.3 is 5.97 Å². The molecule has 0 radical (unpaired) electrons. The quantitative estimate of drug-likeness (QED) is 0.215. The Balaban J connectivity index is 2.14. The predicted molar refractivity (Wildman–Crippen MR) is 114 cm³/mol. The Kier molecular flexibility index (Phi) is 8.95. The van der Waals surface area contributed by atoms with Crippen molar-refractivity contribution in [1.82, 2.24) is 0 Å². The first-order valence-electron chi connectivity index (χ1n) is 9.64. The van der Waals surface area contributed by atoms with Crippen LogP contribution in [0.15, 0.2) is 63.5 Å². The summed E-state index contributed by atoms with van der Waals surface area (Å²) in [5.74, 6) is -0.639. The summed E-state index contributed by atoms with van der Waals surface area (Å²) in [5, 5.41) is 3.83. The predicted octanol–water partition coefficient (Wildman–Crippen LogP) is 5.95. The second-order valence-corrected chi connectivity index (χ2v) is 7.76. The van der Waals surface area contributed by atoms with Gasteiger partial charge in [0.15, 0.2) is 11.5 Å². The van der Waals surface area contributed by atoms with Crippen LogP contribution in [0.5, 0.6) is 0 Å². The largest absolute Gasteiger partial charge is 0.332 e. The normalized spacial score (nSPS) is 11.3. The lowest BCUT2D eigenvalue weighted by atomic mass is 10.0. The molecule has 0 saturated heterocycles. The van der Waals surface area contributed by atoms with Crippen LogP contribution in [0.3, 0.4) is 0 Å². The molecule has 0 saturated carbocycles. The molecule has 5 heteroatoms. The van der Waals surface area contributed by atoms with Crippen molar-refractivity contribution in [3.05, 3.63) is 59.7 Å². The van der Waals surface area contributed by atoms with Gasteiger partial charge in [-0.2, -0.15) is 0 Å². The van der Waals surface area contributed by atoms with E-state index in [1.165, 1.54) is 17.4 Å². The van der Waals surface area contributed by atoms with Crippen molar-refractivity contribution in [3.63, 3.8) is 0 Å². The molecular formula is C23H27NO3S. The minimum atomic E-state index is -0.539. The summed E-state index contributed by atoms with van der Waals surface area (Å²) in [6.07, 6.45) is 4.44. The summed E-state index contributed by atoms with van der Waals surface area (Å²) < 4.78 is 0. The lowest BCUT2D eigenvalue weighted by molar-refractivity contribution is -0.140. The van der Waals surface area contributed by atoms with Crippen molar-refractivity contribution in [2.75, 3.05) is 0 Å². The average Bonchev–Trinajstić information content (AvgIpc) is 2.68. The third-order valence-corrected chi connectivity index (χ3v) is 5.42. The van der Waals surface area contributed by atoms with Crippen LogP contribution in [0.2, 0.25) is 0 Å². The van der Waals surface area contributed by atoms with Gasteiger partial charge in [0.25, 0.3) is 0 Å². The number of oxime groups is 1. The summed E-state index contributed by atoms with van der Waals surface area (Å²) in [6.45, 7) is 5.48. The number of hydrogen-bond acceptors (Lipinski definition) is 5. The van der Waals surface area contributed by atoms with Gasteiger partial charge in [-0.25, -0.2) is 4.79 Å². The van der Waals surface area contributed by atoms with Crippen LogP contribution < -0.4 is 0 Å². The van der Waals surface area contributed by atoms with Crippen LogP contribution in [0.25, 0.3) is 0 Å². The van der Waals surface area contributed by atoms with Crippen molar-refractivity contribution in [3.8, 4) is 0 Å². The number of Topliss-reactive ketones (excluding diaryl/α,β-unsaturated/α-hetero) is 1. The maximum absolute atomic E-state index is 12.6. The monoisotopic (exact) mass is 397 g/mol. The van der Waals surface area contributed by atoms with E-state index in [9.17, 15) is 9.59 Å². The lowest BCUT2D eigenvalue weighted by Crippen LogP contribution is -2.16. The van der Waals surface area contributed by atoms with E-state index in [0.717, 1.165) is 30.6 Å². The van der Waals surface area contributed by atoms with E-state index < -0.39 is 5.97 Å². The first-order chi connectivity index (χ1) is 13.5. The molecule has 0 heterocycles. The Morgan fingerprint density at radius 1 is 1.00 bits per heavy atom. The molecule has 0 atom stereocenters. The maximum atomic E-state index is 12.6. The van der Waals surface area contributed by atoms with E-state index in [2.05, 4.69) is 31.1 Å². The summed E-state index contributed by atoms with van der Waals surface area (Å²) in [4.78, 5) is 30.8. The van der Waals surface area contributed by atoms with Crippen LogP contribution in [-0.4, -0.2) is 17.5 Å². The number of rotatable bonds is 10. The number of carbonyl (C=O) groups is 2. The fourth-order valence-electron chi connectivity index (χ4n) is 2.68. The average molecular weight is 398 g/mol. The molecule has 148 valence electrons. The highest BCUT2D eigenvalue weighted by atomic mass is 32.2. The third kappa shape index (κ3) is 6.97. The van der Waals surface area contributed by atoms with Crippen molar-refractivity contribution in [1.29, 1.82) is 0 Å². The van der Waals surface area contributed by atoms with E-state index in [-0.39, 0.29) is 11.5 Å². The van der Waals surface area contributed by atoms with Crippen LogP contribution in [0.4, 0.5) is 0 Å². The van der Waals surface area contributed by atoms with E-state index >= 15 is 0 Å². The Labute approximate surface area is 171 Å². The zero-order valence-corrected chi connectivity index (χ0v) is 17.6. The van der Waals surface area contributed by atoms with Gasteiger partial charge in [-0.15, -0.1) is 0 Å². The minimum Gasteiger partial charge on any atom is -0.318 e. The molecular weight excluding hydrogens is 370 g/mol. The molecule has 0 aliphatic heterocycles. The Morgan fingerprint density at radius 2 is 1.71 bits per heavy atom. The SMILES string of the molecule is CCCCCCC(=O)C(=NOC(C)=O)c1ccc(Sc2ccccc2C)cc1. The molecule has 28 heavy (non-hydrogen) atoms. The number of ketones is 1. The first-order valence-corrected chi connectivity index (χ1v) is 10.5. The minimum absolute atomic E-state index is 0.100. The van der Waals surface area contributed by atoms with Gasteiger partial charge < -0.3 is 4.84 Å². The Bertz CT molecular complexity index is 828. The molecule has 0 aromatic heterocycles. The van der Waals surface area contributed by atoms with Crippen LogP contribution in [0, 0.1) is 6.92 Å². The lowest BCUT2D eigenvalue weighted by Gasteiger charge is -2.08. The molecule has 4 nitrogen and oxygen atoms in total. The van der Waals surface area contributed by atoms with E-state index in [4.69, 9.17) is 4.84 Å². The highest BCUT2D eigenvalue weighted by molar-refractivity contribution is 7.99. The van der Waals surface area contributed by atoms with Gasteiger partial charge in [0, 0.05) is 28.7 Å². The summed E-state index contributed by atoms with van der Waals surface area (Å²) in [7, 11) is 0. The Hall–Kier alpha value is -2.40. The Morgan fingerprint density at radius 3 is 2.36 bits per heavy atom. The third-order valence-electron chi connectivity index (χ3n) is 4.24. The van der Waals surface area contributed by atoms with Crippen LogP contribution >= 0.6 is 11.8 Å². The molecule has 0 bridgehead atoms. The van der Waals surface area contributed by atoms with Crippen molar-refractivity contribution in [2.24, 2.45) is 5.16 Å². The second kappa shape index (κ2) is 11.4. The molecule has 2 aromatic rings. The van der Waals surface area contributed by atoms with Crippen molar-refractivity contribution >= 4 is 29.2 Å². The maximum Gasteiger partial charge on any atom is 0.332 e. The van der Waals surface area contributed by atoms with E-state index in [0.29, 0.717) is 12.0 Å². The number of benzene rings is 2. The molecule has 0 aliphatic rings. The zero-order chi connectivity index (χ0) is 20.4. The highest BCUT2D eigenvalue weighted by Gasteiger charge is 2.16. The summed E-state index contributed by atoms with van der Waals surface area (Å²) >= 11 is 1.67. The van der Waals surface area contributed by atoms with Crippen LogP contribution in [-0.2, 0) is 14.4 Å². The zero-order valence-electron chi connectivity index (χ0n) is 16.7. The van der Waals surface area contributed by atoms with Gasteiger partial charge in [-0.1, -0.05) is 73.4 Å². The molecule has 0 unspecified atom stereocenters. The van der Waals surface area contributed by atoms with E-state index in [1.54, 1.807) is 11.8 Å². The number of unbranched alkanes of at least 4 members (excludes halogenated alkanes) is 3. The molecule has 0 N–H and O–H groups in total. The van der Waals surface area contributed by atoms with Gasteiger partial charge in [0.2, 0.25) is 0 Å². The van der Waals surface area contributed by atoms with Gasteiger partial charge in [-0.3, -0.25) is 4.79 Å². The van der Waals surface area contributed by atoms with Crippen LogP contribution in [0.1, 0.15) is 57.1 Å². The topological polar surface area (TPSA) is 55.7 Å². The van der Waals surface area contributed by atoms with Crippen molar-refractivity contribution < 1.29 is 14.4 Å². The molecule has 0 spiro atoms. The fourth-order valence-corrected chi connectivity index (χ4v) is 3.59. The van der Waals surface area contributed by atoms with Gasteiger partial charge in [-0.05, 0) is 37.1 Å². The van der Waals surface area contributed by atoms with Gasteiger partial charge in [0.1, 0.15) is 0 Å². The molecule has 0 fully saturated rings. The van der Waals surface area contributed by atoms with Gasteiger partial charge in [0.05, 0.1) is 0 Å². The van der Waals surface area contributed by atoms with Crippen molar-refractivity contribution in [2.45, 2.75) is 62.7 Å².